The first-order valence-corrected chi connectivity index (χ1v) is 9.52. The lowest BCUT2D eigenvalue weighted by Gasteiger charge is -2.19. The zero-order chi connectivity index (χ0) is 20.9. The van der Waals surface area contributed by atoms with Gasteiger partial charge >= 0.3 is 5.97 Å². The van der Waals surface area contributed by atoms with Crippen LogP contribution in [0.5, 0.6) is 11.5 Å². The molecule has 0 amide bonds. The summed E-state index contributed by atoms with van der Waals surface area (Å²) in [5.41, 5.74) is 3.35. The van der Waals surface area contributed by atoms with Crippen molar-refractivity contribution < 1.29 is 23.8 Å². The fourth-order valence-corrected chi connectivity index (χ4v) is 3.22. The lowest BCUT2D eigenvalue weighted by Crippen LogP contribution is -2.18. The number of para-hydroxylation sites is 2. The van der Waals surface area contributed by atoms with Crippen molar-refractivity contribution in [3.05, 3.63) is 101 Å². The molecule has 4 rings (SSSR count). The number of ketones is 1. The Labute approximate surface area is 174 Å². The van der Waals surface area contributed by atoms with E-state index in [1.165, 1.54) is 7.11 Å². The van der Waals surface area contributed by atoms with Gasteiger partial charge in [-0.2, -0.15) is 0 Å². The van der Waals surface area contributed by atoms with Crippen molar-refractivity contribution in [2.45, 2.75) is 6.61 Å². The average molecular weight is 400 g/mol. The molecule has 0 aromatic heterocycles. The summed E-state index contributed by atoms with van der Waals surface area (Å²) in [6.45, 7) is 0.550. The van der Waals surface area contributed by atoms with Gasteiger partial charge in [-0.15, -0.1) is 0 Å². The molecule has 0 radical (unpaired) electrons. The molecule has 0 saturated heterocycles. The van der Waals surface area contributed by atoms with Crippen LogP contribution in [0.15, 0.2) is 78.4 Å². The van der Waals surface area contributed by atoms with E-state index in [0.717, 1.165) is 11.1 Å². The van der Waals surface area contributed by atoms with E-state index in [4.69, 9.17) is 14.2 Å². The highest BCUT2D eigenvalue weighted by molar-refractivity contribution is 6.14. The molecule has 0 bridgehead atoms. The van der Waals surface area contributed by atoms with Crippen molar-refractivity contribution in [3.63, 3.8) is 0 Å². The Morgan fingerprint density at radius 3 is 2.53 bits per heavy atom. The van der Waals surface area contributed by atoms with Crippen molar-refractivity contribution >= 4 is 17.8 Å². The van der Waals surface area contributed by atoms with Crippen LogP contribution in [0.1, 0.15) is 31.8 Å². The van der Waals surface area contributed by atoms with Gasteiger partial charge in [0.2, 0.25) is 0 Å². The van der Waals surface area contributed by atoms with Crippen molar-refractivity contribution in [2.24, 2.45) is 0 Å². The second kappa shape index (κ2) is 8.66. The first kappa shape index (κ1) is 19.5. The fraction of sp³-hybridized carbons (Fsp3) is 0.120. The van der Waals surface area contributed by atoms with Crippen LogP contribution in [0.4, 0.5) is 0 Å². The number of hydrogen-bond acceptors (Lipinski definition) is 5. The van der Waals surface area contributed by atoms with Crippen LogP contribution in [0.25, 0.3) is 6.08 Å². The number of benzene rings is 3. The van der Waals surface area contributed by atoms with E-state index < -0.39 is 0 Å². The third-order valence-electron chi connectivity index (χ3n) is 4.82. The molecule has 3 aromatic carbocycles. The molecule has 5 nitrogen and oxygen atoms in total. The van der Waals surface area contributed by atoms with Crippen LogP contribution in [-0.4, -0.2) is 25.5 Å². The maximum absolute atomic E-state index is 12.8. The lowest BCUT2D eigenvalue weighted by atomic mass is 9.98. The number of methoxy groups -OCH3 is 1. The molecule has 0 atom stereocenters. The summed E-state index contributed by atoms with van der Waals surface area (Å²) in [4.78, 5) is 24.3. The minimum absolute atomic E-state index is 0.0370. The predicted molar refractivity (Wildman–Crippen MR) is 113 cm³/mol. The topological polar surface area (TPSA) is 61.8 Å². The fourth-order valence-electron chi connectivity index (χ4n) is 3.22. The Balaban J connectivity index is 1.51. The lowest BCUT2D eigenvalue weighted by molar-refractivity contribution is 0.0600. The molecule has 30 heavy (non-hydrogen) atoms. The van der Waals surface area contributed by atoms with Gasteiger partial charge in [0, 0.05) is 11.1 Å². The van der Waals surface area contributed by atoms with Gasteiger partial charge in [-0.3, -0.25) is 4.79 Å². The van der Waals surface area contributed by atoms with Gasteiger partial charge < -0.3 is 14.2 Å². The van der Waals surface area contributed by atoms with Gasteiger partial charge in [0.1, 0.15) is 24.7 Å². The normalized spacial score (nSPS) is 14.0. The van der Waals surface area contributed by atoms with E-state index >= 15 is 0 Å². The van der Waals surface area contributed by atoms with E-state index in [9.17, 15) is 9.59 Å². The number of hydrogen-bond donors (Lipinski definition) is 0. The smallest absolute Gasteiger partial charge is 0.337 e. The number of rotatable bonds is 5. The minimum atomic E-state index is -0.375. The first-order valence-electron chi connectivity index (χ1n) is 9.52. The van der Waals surface area contributed by atoms with E-state index in [1.54, 1.807) is 24.3 Å². The van der Waals surface area contributed by atoms with Crippen LogP contribution in [0.3, 0.4) is 0 Å². The standard InChI is InChI=1S/C25H20O5/c1-28-25(27)18-12-10-17(11-13-18)15-29-22-8-4-2-6-19(22)14-20-16-30-23-9-5-3-7-21(23)24(20)26/h2-14H,15-16H2,1H3/b20-14+. The number of carbonyl (C=O) groups is 2. The molecule has 0 fully saturated rings. The van der Waals surface area contributed by atoms with E-state index in [0.29, 0.717) is 34.8 Å². The molecule has 3 aromatic rings. The van der Waals surface area contributed by atoms with E-state index in [-0.39, 0.29) is 18.4 Å². The number of Topliss-reactive ketones (excluding diaryl/α,β-unsaturated/α-hetero) is 1. The highest BCUT2D eigenvalue weighted by Crippen LogP contribution is 2.29. The molecule has 0 saturated carbocycles. The van der Waals surface area contributed by atoms with Crippen molar-refractivity contribution in [1.82, 2.24) is 0 Å². The maximum Gasteiger partial charge on any atom is 0.337 e. The zero-order valence-corrected chi connectivity index (χ0v) is 16.5. The van der Waals surface area contributed by atoms with Crippen LogP contribution < -0.4 is 9.47 Å². The van der Waals surface area contributed by atoms with Gasteiger partial charge in [0.05, 0.1) is 18.2 Å². The minimum Gasteiger partial charge on any atom is -0.488 e. The highest BCUT2D eigenvalue weighted by atomic mass is 16.5. The van der Waals surface area contributed by atoms with Gasteiger partial charge in [-0.25, -0.2) is 4.79 Å². The number of esters is 1. The Hall–Kier alpha value is -3.86. The summed E-state index contributed by atoms with van der Waals surface area (Å²) in [6, 6.07) is 21.8. The Kier molecular flexibility index (Phi) is 5.61. The molecular formula is C25H20O5. The number of fused-ring (bicyclic) bond motifs is 1. The SMILES string of the molecule is COC(=O)c1ccc(COc2ccccc2/C=C2\COc3ccccc3C2=O)cc1. The molecular weight excluding hydrogens is 380 g/mol. The maximum atomic E-state index is 12.8. The average Bonchev–Trinajstić information content (AvgIpc) is 2.80. The monoisotopic (exact) mass is 400 g/mol. The Bertz CT molecular complexity index is 1110. The quantitative estimate of drug-likeness (QED) is 0.458. The van der Waals surface area contributed by atoms with Crippen LogP contribution in [0, 0.1) is 0 Å². The second-order valence-electron chi connectivity index (χ2n) is 6.80. The van der Waals surface area contributed by atoms with Crippen LogP contribution in [-0.2, 0) is 11.3 Å². The number of ether oxygens (including phenoxy) is 3. The first-order chi connectivity index (χ1) is 14.7. The van der Waals surface area contributed by atoms with Crippen LogP contribution >= 0.6 is 0 Å². The second-order valence-corrected chi connectivity index (χ2v) is 6.80. The van der Waals surface area contributed by atoms with E-state index in [2.05, 4.69) is 0 Å². The molecule has 0 aliphatic carbocycles. The summed E-state index contributed by atoms with van der Waals surface area (Å²) in [5, 5.41) is 0. The Morgan fingerprint density at radius 2 is 1.73 bits per heavy atom. The van der Waals surface area contributed by atoms with Gasteiger partial charge in [-0.1, -0.05) is 42.5 Å². The van der Waals surface area contributed by atoms with Gasteiger partial charge in [0.25, 0.3) is 0 Å². The summed E-state index contributed by atoms with van der Waals surface area (Å²) in [7, 11) is 1.35. The van der Waals surface area contributed by atoms with Gasteiger partial charge in [0.15, 0.2) is 5.78 Å². The van der Waals surface area contributed by atoms with Crippen molar-refractivity contribution in [3.8, 4) is 11.5 Å². The summed E-state index contributed by atoms with van der Waals surface area (Å²) in [6.07, 6.45) is 1.81. The molecule has 5 heteroatoms. The van der Waals surface area contributed by atoms with Crippen molar-refractivity contribution in [2.75, 3.05) is 13.7 Å². The molecule has 1 aliphatic heterocycles. The summed E-state index contributed by atoms with van der Waals surface area (Å²) in [5.74, 6) is 0.860. The van der Waals surface area contributed by atoms with Crippen molar-refractivity contribution in [1.29, 1.82) is 0 Å². The third-order valence-corrected chi connectivity index (χ3v) is 4.82. The van der Waals surface area contributed by atoms with Gasteiger partial charge in [-0.05, 0) is 42.0 Å². The Morgan fingerprint density at radius 1 is 1.00 bits per heavy atom. The van der Waals surface area contributed by atoms with Crippen LogP contribution in [0.2, 0.25) is 0 Å². The summed E-state index contributed by atoms with van der Waals surface area (Å²) < 4.78 is 16.4. The molecule has 1 heterocycles. The predicted octanol–water partition coefficient (Wildman–Crippen LogP) is 4.71. The number of carbonyl (C=O) groups excluding carboxylic acids is 2. The molecule has 0 spiro atoms. The molecule has 150 valence electrons. The summed E-state index contributed by atoms with van der Waals surface area (Å²) >= 11 is 0. The largest absolute Gasteiger partial charge is 0.488 e. The third kappa shape index (κ3) is 4.10. The zero-order valence-electron chi connectivity index (χ0n) is 16.5. The van der Waals surface area contributed by atoms with E-state index in [1.807, 2.05) is 54.6 Å². The molecule has 1 aliphatic rings. The molecule has 0 N–H and O–H groups in total. The highest BCUT2D eigenvalue weighted by Gasteiger charge is 2.23. The molecule has 0 unspecified atom stereocenters.